The number of carbonyl (C=O) groups is 1. The van der Waals surface area contributed by atoms with Crippen molar-refractivity contribution >= 4 is 35.3 Å². The van der Waals surface area contributed by atoms with Crippen LogP contribution in [0.3, 0.4) is 0 Å². The predicted octanol–water partition coefficient (Wildman–Crippen LogP) is 4.16. The van der Waals surface area contributed by atoms with Crippen molar-refractivity contribution in [2.45, 2.75) is 46.1 Å². The van der Waals surface area contributed by atoms with E-state index in [1.807, 2.05) is 30.3 Å². The van der Waals surface area contributed by atoms with Crippen LogP contribution in [0.5, 0.6) is 5.75 Å². The van der Waals surface area contributed by atoms with Crippen LogP contribution in [-0.4, -0.2) is 23.0 Å². The molecule has 1 amide bonds. The maximum atomic E-state index is 11.3. The topological polar surface area (TPSA) is 50.4 Å². The van der Waals surface area contributed by atoms with Crippen molar-refractivity contribution in [1.29, 1.82) is 0 Å². The second-order valence-corrected chi connectivity index (χ2v) is 8.54. The number of rotatable bonds is 4. The lowest BCUT2D eigenvalue weighted by molar-refractivity contribution is 0.0778. The van der Waals surface area contributed by atoms with Crippen molar-refractivity contribution in [2.24, 2.45) is 10.8 Å². The molecule has 1 fully saturated rings. The summed E-state index contributed by atoms with van der Waals surface area (Å²) in [4.78, 5) is 11.3. The van der Waals surface area contributed by atoms with E-state index in [0.717, 1.165) is 25.0 Å². The molecule has 1 saturated carbocycles. The van der Waals surface area contributed by atoms with Gasteiger partial charge in [0.05, 0.1) is 0 Å². The molecule has 1 aliphatic rings. The van der Waals surface area contributed by atoms with Crippen LogP contribution in [0.25, 0.3) is 0 Å². The number of hydrogen-bond acceptors (Lipinski definition) is 3. The third kappa shape index (κ3) is 5.98. The zero-order valence-corrected chi connectivity index (χ0v) is 16.2. The van der Waals surface area contributed by atoms with Crippen molar-refractivity contribution < 1.29 is 9.53 Å². The molecule has 0 spiro atoms. The van der Waals surface area contributed by atoms with Crippen LogP contribution >= 0.6 is 24.8 Å². The van der Waals surface area contributed by atoms with Gasteiger partial charge in [-0.15, -0.1) is 0 Å². The molecule has 1 aliphatic carbocycles. The van der Waals surface area contributed by atoms with Gasteiger partial charge in [-0.1, -0.05) is 51.6 Å². The van der Waals surface area contributed by atoms with Crippen LogP contribution in [-0.2, 0) is 0 Å². The molecule has 0 heterocycles. The largest absolute Gasteiger partial charge is 0.432 e. The van der Waals surface area contributed by atoms with Gasteiger partial charge in [0.2, 0.25) is 0 Å². The highest BCUT2D eigenvalue weighted by molar-refractivity contribution is 7.96. The Morgan fingerprint density at radius 1 is 1.29 bits per heavy atom. The summed E-state index contributed by atoms with van der Waals surface area (Å²) >= 11 is 9.15. The van der Waals surface area contributed by atoms with Gasteiger partial charge < -0.3 is 15.4 Å². The van der Waals surface area contributed by atoms with Crippen LogP contribution in [0.1, 0.15) is 40.0 Å². The fraction of sp³-hybridized carbons (Fsp3) is 0.556. The molecule has 0 aliphatic heterocycles. The highest BCUT2D eigenvalue weighted by atomic mass is 32.1. The average molecular weight is 367 g/mol. The number of benzene rings is 1. The Morgan fingerprint density at radius 2 is 1.96 bits per heavy atom. The van der Waals surface area contributed by atoms with Crippen LogP contribution in [0, 0.1) is 10.8 Å². The van der Waals surface area contributed by atoms with Crippen LogP contribution < -0.4 is 15.4 Å². The number of nitrogens with one attached hydrogen (secondary N) is 2. The van der Waals surface area contributed by atoms with Crippen molar-refractivity contribution in [3.63, 3.8) is 0 Å². The minimum absolute atomic E-state index is 0.0206. The Balaban J connectivity index is 1.93. The van der Waals surface area contributed by atoms with Crippen molar-refractivity contribution in [2.75, 3.05) is 6.54 Å². The van der Waals surface area contributed by atoms with E-state index >= 15 is 0 Å². The summed E-state index contributed by atoms with van der Waals surface area (Å²) in [6, 6.07) is 9.63. The number of thiol groups is 1. The quantitative estimate of drug-likeness (QED) is 0.553. The Hall–Kier alpha value is -1.27. The number of para-hydroxylation sites is 1. The predicted molar refractivity (Wildman–Crippen MR) is 105 cm³/mol. The molecule has 24 heavy (non-hydrogen) atoms. The Kier molecular flexibility index (Phi) is 6.15. The van der Waals surface area contributed by atoms with Crippen molar-refractivity contribution in [3.8, 4) is 5.75 Å². The van der Waals surface area contributed by atoms with Crippen LogP contribution in [0.15, 0.2) is 30.3 Å². The van der Waals surface area contributed by atoms with Gasteiger partial charge in [-0.3, -0.25) is 4.79 Å². The van der Waals surface area contributed by atoms with E-state index in [-0.39, 0.29) is 22.1 Å². The molecule has 132 valence electrons. The molecular formula is C18H26N2O2S2. The Labute approximate surface area is 155 Å². The first kappa shape index (κ1) is 19.1. The summed E-state index contributed by atoms with van der Waals surface area (Å²) in [5.74, 6) is 0.726. The van der Waals surface area contributed by atoms with E-state index in [4.69, 9.17) is 17.0 Å². The lowest BCUT2D eigenvalue weighted by atomic mass is 9.62. The van der Waals surface area contributed by atoms with Gasteiger partial charge in [0, 0.05) is 12.6 Å². The molecule has 2 atom stereocenters. The zero-order valence-electron chi connectivity index (χ0n) is 14.5. The smallest absolute Gasteiger partial charge is 0.276 e. The normalized spacial score (nSPS) is 25.6. The fourth-order valence-electron chi connectivity index (χ4n) is 3.96. The van der Waals surface area contributed by atoms with Gasteiger partial charge >= 0.3 is 0 Å². The van der Waals surface area contributed by atoms with Crippen molar-refractivity contribution in [1.82, 2.24) is 10.6 Å². The van der Waals surface area contributed by atoms with Gasteiger partial charge in [0.1, 0.15) is 5.75 Å². The summed E-state index contributed by atoms with van der Waals surface area (Å²) in [7, 11) is 0. The number of thiocarbonyl (C=S) groups is 1. The summed E-state index contributed by atoms with van der Waals surface area (Å²) in [6.07, 6.45) is 2.91. The first-order valence-corrected chi connectivity index (χ1v) is 9.03. The summed E-state index contributed by atoms with van der Waals surface area (Å²) in [5.41, 5.74) is 0.171. The number of hydrogen-bond donors (Lipinski definition) is 3. The number of amides is 1. The van der Waals surface area contributed by atoms with E-state index < -0.39 is 0 Å². The van der Waals surface area contributed by atoms with E-state index in [9.17, 15) is 4.79 Å². The molecule has 1 aromatic carbocycles. The molecule has 1 aromatic rings. The molecule has 2 rings (SSSR count). The Morgan fingerprint density at radius 3 is 2.58 bits per heavy atom. The molecule has 0 radical (unpaired) electrons. The maximum absolute atomic E-state index is 11.3. The van der Waals surface area contributed by atoms with E-state index in [1.54, 1.807) is 0 Å². The molecule has 0 aromatic heterocycles. The van der Waals surface area contributed by atoms with Gasteiger partial charge in [-0.2, -0.15) is 0 Å². The average Bonchev–Trinajstić information content (AvgIpc) is 2.43. The van der Waals surface area contributed by atoms with Crippen molar-refractivity contribution in [3.05, 3.63) is 30.3 Å². The van der Waals surface area contributed by atoms with Gasteiger partial charge in [-0.25, -0.2) is 0 Å². The summed E-state index contributed by atoms with van der Waals surface area (Å²) < 4.78 is 5.63. The summed E-state index contributed by atoms with van der Waals surface area (Å²) in [5, 5.41) is 6.29. The fourth-order valence-corrected chi connectivity index (χ4v) is 4.31. The highest BCUT2D eigenvalue weighted by Gasteiger charge is 2.41. The minimum Gasteiger partial charge on any atom is -0.432 e. The first-order chi connectivity index (χ1) is 11.2. The van der Waals surface area contributed by atoms with E-state index in [2.05, 4.69) is 44.0 Å². The molecular weight excluding hydrogens is 340 g/mol. The van der Waals surface area contributed by atoms with Gasteiger partial charge in [-0.05, 0) is 54.4 Å². The maximum Gasteiger partial charge on any atom is 0.276 e. The highest BCUT2D eigenvalue weighted by Crippen LogP contribution is 2.45. The first-order valence-electron chi connectivity index (χ1n) is 8.18. The second kappa shape index (κ2) is 7.74. The second-order valence-electron chi connectivity index (χ2n) is 7.76. The van der Waals surface area contributed by atoms with Gasteiger partial charge in [0.15, 0.2) is 0 Å². The summed E-state index contributed by atoms with van der Waals surface area (Å²) in [6.45, 7) is 7.41. The molecule has 2 unspecified atom stereocenters. The standard InChI is InChI=1S/C18H26N2O2S2/c1-17(2)9-13(20-15(21)23)10-18(3,11-17)12-19-16(24)22-14-7-5-4-6-8-14/h4-8,13H,9-12H2,1-3H3,(H,19,24)(H2,20,21,23). The third-order valence-corrected chi connectivity index (χ3v) is 4.74. The van der Waals surface area contributed by atoms with E-state index in [0.29, 0.717) is 11.7 Å². The lowest BCUT2D eigenvalue weighted by Gasteiger charge is -2.46. The molecule has 0 saturated heterocycles. The monoisotopic (exact) mass is 366 g/mol. The number of ether oxygens (including phenoxy) is 1. The minimum atomic E-state index is -0.268. The number of carbonyl (C=O) groups excluding carboxylic acids is 1. The van der Waals surface area contributed by atoms with E-state index in [1.165, 1.54) is 0 Å². The lowest BCUT2D eigenvalue weighted by Crippen LogP contribution is -2.49. The zero-order chi connectivity index (χ0) is 17.8. The molecule has 0 bridgehead atoms. The third-order valence-electron chi connectivity index (χ3n) is 4.38. The molecule has 2 N–H and O–H groups in total. The van der Waals surface area contributed by atoms with Gasteiger partial charge in [0.25, 0.3) is 10.4 Å². The SMILES string of the molecule is CC1(C)CC(NC(=O)S)CC(C)(CNC(=S)Oc2ccccc2)C1. The molecule has 4 nitrogen and oxygen atoms in total. The van der Waals surface area contributed by atoms with Crippen LogP contribution in [0.4, 0.5) is 4.79 Å². The molecule has 6 heteroatoms. The Bertz CT molecular complexity index is 592. The van der Waals surface area contributed by atoms with Crippen LogP contribution in [0.2, 0.25) is 0 Å².